The third-order valence-electron chi connectivity index (χ3n) is 4.90. The van der Waals surface area contributed by atoms with E-state index >= 15 is 0 Å². The van der Waals surface area contributed by atoms with Gasteiger partial charge in [0.05, 0.1) is 29.2 Å². The van der Waals surface area contributed by atoms with Gasteiger partial charge in [-0.1, -0.05) is 18.6 Å². The van der Waals surface area contributed by atoms with Crippen molar-refractivity contribution in [2.24, 2.45) is 0 Å². The van der Waals surface area contributed by atoms with Crippen LogP contribution in [0.25, 0.3) is 5.69 Å². The van der Waals surface area contributed by atoms with E-state index in [0.717, 1.165) is 30.8 Å². The van der Waals surface area contributed by atoms with Gasteiger partial charge < -0.3 is 5.11 Å². The minimum absolute atomic E-state index is 0.246. The van der Waals surface area contributed by atoms with Crippen LogP contribution in [0, 0.1) is 0 Å². The number of nitrogens with zero attached hydrogens (tertiary/aromatic N) is 4. The van der Waals surface area contributed by atoms with Crippen molar-refractivity contribution in [3.05, 3.63) is 65.7 Å². The Morgan fingerprint density at radius 3 is 2.96 bits per heavy atom. The molecule has 2 N–H and O–H groups in total. The number of aromatic amines is 1. The van der Waals surface area contributed by atoms with Crippen LogP contribution in [0.4, 0.5) is 0 Å². The molecule has 134 valence electrons. The van der Waals surface area contributed by atoms with Crippen LogP contribution in [0.3, 0.4) is 0 Å². The summed E-state index contributed by atoms with van der Waals surface area (Å²) in [4.78, 5) is 13.9. The molecule has 1 aromatic carbocycles. The first-order chi connectivity index (χ1) is 12.7. The zero-order valence-corrected chi connectivity index (χ0v) is 14.4. The Morgan fingerprint density at radius 2 is 2.15 bits per heavy atom. The molecule has 26 heavy (non-hydrogen) atoms. The minimum atomic E-state index is -0.951. The number of carboxylic acids is 1. The zero-order chi connectivity index (χ0) is 17.9. The van der Waals surface area contributed by atoms with Gasteiger partial charge in [-0.3, -0.25) is 10.00 Å². The van der Waals surface area contributed by atoms with E-state index in [0.29, 0.717) is 11.7 Å². The highest BCUT2D eigenvalue weighted by Crippen LogP contribution is 2.31. The van der Waals surface area contributed by atoms with Crippen LogP contribution in [0.2, 0.25) is 0 Å². The van der Waals surface area contributed by atoms with E-state index in [1.54, 1.807) is 29.1 Å². The summed E-state index contributed by atoms with van der Waals surface area (Å²) in [6, 6.07) is 9.28. The maximum Gasteiger partial charge on any atom is 0.337 e. The number of benzene rings is 1. The molecule has 0 unspecified atom stereocenters. The Hall–Kier alpha value is -2.93. The molecule has 3 aromatic rings. The van der Waals surface area contributed by atoms with Crippen LogP contribution in [0.5, 0.6) is 0 Å². The highest BCUT2D eigenvalue weighted by molar-refractivity contribution is 5.91. The minimum Gasteiger partial charge on any atom is -0.478 e. The van der Waals surface area contributed by atoms with E-state index in [1.165, 1.54) is 12.8 Å². The van der Waals surface area contributed by atoms with Gasteiger partial charge in [-0.25, -0.2) is 9.48 Å². The zero-order valence-electron chi connectivity index (χ0n) is 14.4. The van der Waals surface area contributed by atoms with Crippen LogP contribution < -0.4 is 0 Å². The number of H-pyrrole nitrogens is 1. The molecule has 0 saturated carbocycles. The summed E-state index contributed by atoms with van der Waals surface area (Å²) >= 11 is 0. The number of aromatic carboxylic acids is 1. The molecule has 1 aliphatic rings. The van der Waals surface area contributed by atoms with Crippen molar-refractivity contribution in [2.45, 2.75) is 31.8 Å². The number of hydrogen-bond acceptors (Lipinski definition) is 4. The van der Waals surface area contributed by atoms with Crippen molar-refractivity contribution in [2.75, 3.05) is 6.54 Å². The fourth-order valence-electron chi connectivity index (χ4n) is 3.65. The van der Waals surface area contributed by atoms with E-state index in [1.807, 2.05) is 24.5 Å². The highest BCUT2D eigenvalue weighted by atomic mass is 16.4. The number of aromatic nitrogens is 4. The topological polar surface area (TPSA) is 87.0 Å². The van der Waals surface area contributed by atoms with Gasteiger partial charge in [0.15, 0.2) is 0 Å². The molecule has 7 nitrogen and oxygen atoms in total. The Kier molecular flexibility index (Phi) is 4.53. The molecule has 4 rings (SSSR count). The standard InChI is InChI=1S/C19H21N5O2/c25-19(26)15-5-1-2-6-17(15)24-13-14(11-21-24)12-23-10-4-3-7-18(23)16-8-9-20-22-16/h1-2,5-6,8-9,11,13,18H,3-4,7,10,12H2,(H,20,22)(H,25,26)/t18-/m1/s1. The molecule has 2 aromatic heterocycles. The second kappa shape index (κ2) is 7.13. The Bertz CT molecular complexity index is 887. The predicted octanol–water partition coefficient (Wildman–Crippen LogP) is 3.02. The van der Waals surface area contributed by atoms with Crippen molar-refractivity contribution in [1.29, 1.82) is 0 Å². The SMILES string of the molecule is O=C(O)c1ccccc1-n1cc(CN2CCCC[C@@H]2c2ccn[nH]2)cn1. The average Bonchev–Trinajstić information content (AvgIpc) is 3.34. The third-order valence-corrected chi connectivity index (χ3v) is 4.90. The molecule has 0 amide bonds. The Balaban J connectivity index is 1.56. The average molecular weight is 351 g/mol. The molecule has 1 fully saturated rings. The van der Waals surface area contributed by atoms with E-state index in [4.69, 9.17) is 0 Å². The van der Waals surface area contributed by atoms with Crippen LogP contribution >= 0.6 is 0 Å². The number of piperidine rings is 1. The molecule has 0 radical (unpaired) electrons. The summed E-state index contributed by atoms with van der Waals surface area (Å²) in [5.41, 5.74) is 3.04. The first kappa shape index (κ1) is 16.5. The monoisotopic (exact) mass is 351 g/mol. The van der Waals surface area contributed by atoms with E-state index in [9.17, 15) is 9.90 Å². The molecule has 0 spiro atoms. The Morgan fingerprint density at radius 1 is 1.27 bits per heavy atom. The second-order valence-corrected chi connectivity index (χ2v) is 6.61. The Labute approximate surface area is 151 Å². The summed E-state index contributed by atoms with van der Waals surface area (Å²) < 4.78 is 1.65. The summed E-state index contributed by atoms with van der Waals surface area (Å²) in [7, 11) is 0. The molecular formula is C19H21N5O2. The fraction of sp³-hybridized carbons (Fsp3) is 0.316. The number of likely N-dealkylation sites (tertiary alicyclic amines) is 1. The lowest BCUT2D eigenvalue weighted by Gasteiger charge is -2.34. The number of para-hydroxylation sites is 1. The van der Waals surface area contributed by atoms with Crippen molar-refractivity contribution in [3.8, 4) is 5.69 Å². The van der Waals surface area contributed by atoms with Crippen molar-refractivity contribution in [3.63, 3.8) is 0 Å². The third kappa shape index (κ3) is 3.25. The van der Waals surface area contributed by atoms with Gasteiger partial charge >= 0.3 is 5.97 Å². The molecule has 1 atom stereocenters. The van der Waals surface area contributed by atoms with E-state index in [-0.39, 0.29) is 5.56 Å². The summed E-state index contributed by atoms with van der Waals surface area (Å²) in [5, 5.41) is 20.9. The van der Waals surface area contributed by atoms with Gasteiger partial charge in [0.1, 0.15) is 0 Å². The van der Waals surface area contributed by atoms with Gasteiger partial charge in [-0.05, 0) is 37.6 Å². The van der Waals surface area contributed by atoms with Gasteiger partial charge in [-0.15, -0.1) is 0 Å². The maximum absolute atomic E-state index is 11.4. The normalized spacial score (nSPS) is 18.1. The molecule has 7 heteroatoms. The van der Waals surface area contributed by atoms with Gasteiger partial charge in [0.25, 0.3) is 0 Å². The largest absolute Gasteiger partial charge is 0.478 e. The lowest BCUT2D eigenvalue weighted by atomic mass is 9.99. The van der Waals surface area contributed by atoms with Gasteiger partial charge in [0.2, 0.25) is 0 Å². The maximum atomic E-state index is 11.4. The second-order valence-electron chi connectivity index (χ2n) is 6.61. The van der Waals surface area contributed by atoms with Gasteiger partial charge in [0, 0.05) is 24.5 Å². The number of hydrogen-bond donors (Lipinski definition) is 2. The van der Waals surface area contributed by atoms with Crippen LogP contribution in [-0.4, -0.2) is 42.5 Å². The molecule has 0 bridgehead atoms. The lowest BCUT2D eigenvalue weighted by Crippen LogP contribution is -2.33. The fourth-order valence-corrected chi connectivity index (χ4v) is 3.65. The van der Waals surface area contributed by atoms with Crippen LogP contribution in [-0.2, 0) is 6.54 Å². The molecule has 3 heterocycles. The van der Waals surface area contributed by atoms with Crippen molar-refractivity contribution >= 4 is 5.97 Å². The number of carbonyl (C=O) groups is 1. The van der Waals surface area contributed by atoms with Crippen LogP contribution in [0.1, 0.15) is 46.9 Å². The van der Waals surface area contributed by atoms with Crippen LogP contribution in [0.15, 0.2) is 48.9 Å². The molecule has 0 aliphatic carbocycles. The number of rotatable bonds is 5. The first-order valence-electron chi connectivity index (χ1n) is 8.82. The highest BCUT2D eigenvalue weighted by Gasteiger charge is 2.25. The van der Waals surface area contributed by atoms with Crippen molar-refractivity contribution in [1.82, 2.24) is 24.9 Å². The molecule has 1 aliphatic heterocycles. The van der Waals surface area contributed by atoms with Gasteiger partial charge in [-0.2, -0.15) is 10.2 Å². The smallest absolute Gasteiger partial charge is 0.337 e. The number of nitrogens with one attached hydrogen (secondary N) is 1. The first-order valence-corrected chi connectivity index (χ1v) is 8.82. The van der Waals surface area contributed by atoms with Crippen molar-refractivity contribution < 1.29 is 9.90 Å². The van der Waals surface area contributed by atoms with E-state index < -0.39 is 5.97 Å². The number of carboxylic acid groups (broad SMARTS) is 1. The summed E-state index contributed by atoms with van der Waals surface area (Å²) in [6.45, 7) is 1.81. The predicted molar refractivity (Wildman–Crippen MR) is 96.1 cm³/mol. The molecule has 1 saturated heterocycles. The quantitative estimate of drug-likeness (QED) is 0.738. The molecular weight excluding hydrogens is 330 g/mol. The lowest BCUT2D eigenvalue weighted by molar-refractivity contribution is 0.0696. The summed E-state index contributed by atoms with van der Waals surface area (Å²) in [5.74, 6) is -0.951. The summed E-state index contributed by atoms with van der Waals surface area (Å²) in [6.07, 6.45) is 9.03. The van der Waals surface area contributed by atoms with E-state index in [2.05, 4.69) is 20.2 Å².